The molecule has 1 aliphatic heterocycles. The van der Waals surface area contributed by atoms with Crippen LogP contribution in [0.1, 0.15) is 25.0 Å². The van der Waals surface area contributed by atoms with Crippen LogP contribution in [0.2, 0.25) is 0 Å². The molecule has 0 spiro atoms. The summed E-state index contributed by atoms with van der Waals surface area (Å²) in [6, 6.07) is 9.47. The highest BCUT2D eigenvalue weighted by Crippen LogP contribution is 2.38. The van der Waals surface area contributed by atoms with Crippen molar-refractivity contribution in [1.29, 1.82) is 0 Å². The van der Waals surface area contributed by atoms with Crippen LogP contribution in [0.15, 0.2) is 50.2 Å². The molecule has 34 heavy (non-hydrogen) atoms. The van der Waals surface area contributed by atoms with Gasteiger partial charge < -0.3 is 9.47 Å². The first-order valence-corrected chi connectivity index (χ1v) is 12.3. The van der Waals surface area contributed by atoms with E-state index in [1.54, 1.807) is 44.2 Å². The highest BCUT2D eigenvalue weighted by molar-refractivity contribution is 9.11. The van der Waals surface area contributed by atoms with Crippen molar-refractivity contribution in [3.05, 3.63) is 71.5 Å². The SMILES string of the molecule is CC(C)OC(=O)CN1C(=O)S/C(=C\c2cc(Br)c(OCc3ccc([N+](=O)[O-])cc3)c(Br)c2)C1=O. The molecule has 0 bridgehead atoms. The van der Waals surface area contributed by atoms with Gasteiger partial charge >= 0.3 is 5.97 Å². The molecule has 1 heterocycles. The number of carbonyl (C=O) groups is 3. The summed E-state index contributed by atoms with van der Waals surface area (Å²) < 4.78 is 12.0. The number of hydrogen-bond acceptors (Lipinski definition) is 8. The van der Waals surface area contributed by atoms with Gasteiger partial charge in [-0.15, -0.1) is 0 Å². The van der Waals surface area contributed by atoms with E-state index >= 15 is 0 Å². The lowest BCUT2D eigenvalue weighted by Gasteiger charge is -2.13. The van der Waals surface area contributed by atoms with Gasteiger partial charge in [-0.2, -0.15) is 0 Å². The van der Waals surface area contributed by atoms with Crippen LogP contribution in [-0.4, -0.2) is 39.6 Å². The number of hydrogen-bond donors (Lipinski definition) is 0. The minimum Gasteiger partial charge on any atom is -0.487 e. The Labute approximate surface area is 215 Å². The zero-order valence-electron chi connectivity index (χ0n) is 17.9. The smallest absolute Gasteiger partial charge is 0.326 e. The number of halogens is 2. The Kier molecular flexibility index (Phi) is 8.50. The third-order valence-corrected chi connectivity index (χ3v) is 6.46. The summed E-state index contributed by atoms with van der Waals surface area (Å²) in [5.41, 5.74) is 1.37. The third kappa shape index (κ3) is 6.45. The van der Waals surface area contributed by atoms with E-state index in [0.29, 0.717) is 20.3 Å². The van der Waals surface area contributed by atoms with Gasteiger partial charge in [0, 0.05) is 12.1 Å². The van der Waals surface area contributed by atoms with Crippen molar-refractivity contribution >= 4 is 72.5 Å². The average Bonchev–Trinajstić information content (AvgIpc) is 3.00. The number of rotatable bonds is 8. The molecule has 1 saturated heterocycles. The van der Waals surface area contributed by atoms with E-state index in [9.17, 15) is 24.5 Å². The van der Waals surface area contributed by atoms with Gasteiger partial charge in [0.15, 0.2) is 0 Å². The second kappa shape index (κ2) is 11.2. The Morgan fingerprint density at radius 2 is 1.79 bits per heavy atom. The molecule has 0 saturated carbocycles. The van der Waals surface area contributed by atoms with E-state index in [1.807, 2.05) is 0 Å². The summed E-state index contributed by atoms with van der Waals surface area (Å²) in [5, 5.41) is 10.2. The number of nitro benzene ring substituents is 1. The van der Waals surface area contributed by atoms with Crippen LogP contribution in [0.3, 0.4) is 0 Å². The molecule has 178 valence electrons. The van der Waals surface area contributed by atoms with Gasteiger partial charge in [0.25, 0.3) is 16.8 Å². The van der Waals surface area contributed by atoms with Crippen LogP contribution in [0.25, 0.3) is 6.08 Å². The molecule has 9 nitrogen and oxygen atoms in total. The van der Waals surface area contributed by atoms with Gasteiger partial charge in [-0.3, -0.25) is 29.4 Å². The normalized spacial score (nSPS) is 14.7. The molecule has 2 aromatic carbocycles. The van der Waals surface area contributed by atoms with Gasteiger partial charge in [0.05, 0.1) is 24.9 Å². The zero-order chi connectivity index (χ0) is 25.0. The summed E-state index contributed by atoms with van der Waals surface area (Å²) in [7, 11) is 0. The zero-order valence-corrected chi connectivity index (χ0v) is 21.9. The molecular weight excluding hydrogens is 596 g/mol. The average molecular weight is 614 g/mol. The lowest BCUT2D eigenvalue weighted by atomic mass is 10.2. The Hall–Kier alpha value is -2.70. The van der Waals surface area contributed by atoms with Crippen molar-refractivity contribution in [1.82, 2.24) is 4.90 Å². The van der Waals surface area contributed by atoms with E-state index in [1.165, 1.54) is 12.1 Å². The standard InChI is InChI=1S/C22H18Br2N2O7S/c1-12(2)33-19(27)10-25-21(28)18(34-22(25)29)9-14-7-16(23)20(17(24)8-14)32-11-13-3-5-15(6-4-13)26(30)31/h3-9,12H,10-11H2,1-2H3/b18-9-. The number of ether oxygens (including phenoxy) is 2. The molecule has 0 aliphatic carbocycles. The van der Waals surface area contributed by atoms with Gasteiger partial charge in [-0.1, -0.05) is 0 Å². The Balaban J connectivity index is 1.71. The highest BCUT2D eigenvalue weighted by atomic mass is 79.9. The topological polar surface area (TPSA) is 116 Å². The number of esters is 1. The van der Waals surface area contributed by atoms with E-state index in [0.717, 1.165) is 22.2 Å². The Morgan fingerprint density at radius 3 is 2.35 bits per heavy atom. The molecule has 0 aromatic heterocycles. The number of nitro groups is 1. The molecule has 2 amide bonds. The first-order valence-electron chi connectivity index (χ1n) is 9.85. The van der Waals surface area contributed by atoms with Crippen LogP contribution in [0, 0.1) is 10.1 Å². The summed E-state index contributed by atoms with van der Waals surface area (Å²) in [5.74, 6) is -0.722. The lowest BCUT2D eigenvalue weighted by molar-refractivity contribution is -0.384. The third-order valence-electron chi connectivity index (χ3n) is 4.38. The number of thioether (sulfide) groups is 1. The van der Waals surface area contributed by atoms with E-state index in [2.05, 4.69) is 31.9 Å². The number of imide groups is 1. The fourth-order valence-corrected chi connectivity index (χ4v) is 5.18. The van der Waals surface area contributed by atoms with Crippen molar-refractivity contribution in [3.8, 4) is 5.75 Å². The Bertz CT molecular complexity index is 1160. The molecule has 0 unspecified atom stereocenters. The van der Waals surface area contributed by atoms with E-state index in [-0.39, 0.29) is 23.3 Å². The quantitative estimate of drug-likeness (QED) is 0.161. The second-order valence-electron chi connectivity index (χ2n) is 7.33. The van der Waals surface area contributed by atoms with Crippen molar-refractivity contribution in [2.24, 2.45) is 0 Å². The predicted molar refractivity (Wildman–Crippen MR) is 133 cm³/mol. The van der Waals surface area contributed by atoms with Crippen LogP contribution < -0.4 is 4.74 Å². The monoisotopic (exact) mass is 612 g/mol. The highest BCUT2D eigenvalue weighted by Gasteiger charge is 2.36. The van der Waals surface area contributed by atoms with Gasteiger partial charge in [0.2, 0.25) is 0 Å². The summed E-state index contributed by atoms with van der Waals surface area (Å²) in [6.07, 6.45) is 1.20. The minimum absolute atomic E-state index is 0.00306. The van der Waals surface area contributed by atoms with Crippen molar-refractivity contribution < 1.29 is 28.8 Å². The number of carbonyl (C=O) groups excluding carboxylic acids is 3. The maximum Gasteiger partial charge on any atom is 0.326 e. The molecule has 2 aromatic rings. The molecule has 1 fully saturated rings. The largest absolute Gasteiger partial charge is 0.487 e. The van der Waals surface area contributed by atoms with Crippen molar-refractivity contribution in [2.75, 3.05) is 6.54 Å². The predicted octanol–water partition coefficient (Wildman–Crippen LogP) is 5.69. The molecule has 3 rings (SSSR count). The fourth-order valence-electron chi connectivity index (χ4n) is 2.89. The first-order chi connectivity index (χ1) is 16.0. The lowest BCUT2D eigenvalue weighted by Crippen LogP contribution is -2.35. The van der Waals surface area contributed by atoms with Crippen LogP contribution >= 0.6 is 43.6 Å². The molecular formula is C22H18Br2N2O7S. The fraction of sp³-hybridized carbons (Fsp3) is 0.227. The van der Waals surface area contributed by atoms with Crippen LogP contribution in [0.5, 0.6) is 5.75 Å². The van der Waals surface area contributed by atoms with Gasteiger partial charge in [0.1, 0.15) is 18.9 Å². The second-order valence-corrected chi connectivity index (χ2v) is 10.0. The van der Waals surface area contributed by atoms with Gasteiger partial charge in [-0.25, -0.2) is 0 Å². The number of nitrogens with zero attached hydrogens (tertiary/aromatic N) is 2. The van der Waals surface area contributed by atoms with E-state index in [4.69, 9.17) is 9.47 Å². The van der Waals surface area contributed by atoms with Crippen LogP contribution in [-0.2, 0) is 20.9 Å². The Morgan fingerprint density at radius 1 is 1.18 bits per heavy atom. The summed E-state index contributed by atoms with van der Waals surface area (Å²) in [6.45, 7) is 3.10. The molecule has 1 aliphatic rings. The minimum atomic E-state index is -0.654. The number of amides is 2. The maximum absolute atomic E-state index is 12.6. The summed E-state index contributed by atoms with van der Waals surface area (Å²) in [4.78, 5) is 48.0. The molecule has 12 heteroatoms. The molecule has 0 N–H and O–H groups in total. The number of benzene rings is 2. The van der Waals surface area contributed by atoms with E-state index < -0.39 is 28.6 Å². The first kappa shape index (κ1) is 25.9. The van der Waals surface area contributed by atoms with Gasteiger partial charge in [-0.05, 0) is 98.9 Å². The molecule has 0 atom stereocenters. The van der Waals surface area contributed by atoms with Crippen molar-refractivity contribution in [3.63, 3.8) is 0 Å². The van der Waals surface area contributed by atoms with Crippen LogP contribution in [0.4, 0.5) is 10.5 Å². The maximum atomic E-state index is 12.6. The molecule has 0 radical (unpaired) electrons. The number of non-ortho nitro benzene ring substituents is 1. The van der Waals surface area contributed by atoms with Crippen molar-refractivity contribution in [2.45, 2.75) is 26.6 Å². The summed E-state index contributed by atoms with van der Waals surface area (Å²) >= 11 is 7.63.